The summed E-state index contributed by atoms with van der Waals surface area (Å²) in [6.45, 7) is 5.09. The van der Waals surface area contributed by atoms with Crippen molar-refractivity contribution in [2.75, 3.05) is 25.2 Å². The molecule has 0 aliphatic heterocycles. The molecule has 0 saturated heterocycles. The summed E-state index contributed by atoms with van der Waals surface area (Å²) in [6, 6.07) is 6.63. The number of fused-ring (bicyclic) bond motifs is 1. The Balaban J connectivity index is 1.31. The Morgan fingerprint density at radius 2 is 1.62 bits per heavy atom. The second-order valence-corrected chi connectivity index (χ2v) is 14.8. The predicted octanol–water partition coefficient (Wildman–Crippen LogP) is 8.44. The van der Waals surface area contributed by atoms with Crippen LogP contribution in [0.2, 0.25) is 5.02 Å². The van der Waals surface area contributed by atoms with Gasteiger partial charge >= 0.3 is 7.52 Å². The second-order valence-electron chi connectivity index (χ2n) is 12.2. The summed E-state index contributed by atoms with van der Waals surface area (Å²) in [5, 5.41) is 6.44. The molecule has 266 valence electrons. The number of hydrogen-bond acceptors (Lipinski definition) is 8. The van der Waals surface area contributed by atoms with E-state index in [0.717, 1.165) is 25.7 Å². The van der Waals surface area contributed by atoms with E-state index in [1.807, 2.05) is 11.5 Å². The fourth-order valence-electron chi connectivity index (χ4n) is 5.23. The number of aromatic nitrogens is 4. The molecule has 3 aromatic rings. The monoisotopic (exact) mass is 703 g/mol. The Labute approximate surface area is 291 Å². The Morgan fingerprint density at radius 1 is 0.958 bits per heavy atom. The Morgan fingerprint density at radius 3 is 2.33 bits per heavy atom. The van der Waals surface area contributed by atoms with Gasteiger partial charge in [-0.2, -0.15) is 0 Å². The molecule has 2 aromatic heterocycles. The smallest absolute Gasteiger partial charge is 0.341 e. The van der Waals surface area contributed by atoms with Gasteiger partial charge in [0, 0.05) is 24.5 Å². The van der Waals surface area contributed by atoms with Crippen molar-refractivity contribution < 1.29 is 18.6 Å². The molecule has 11 nitrogen and oxygen atoms in total. The molecule has 48 heavy (non-hydrogen) atoms. The van der Waals surface area contributed by atoms with Crippen LogP contribution in [0.5, 0.6) is 5.75 Å². The van der Waals surface area contributed by atoms with Crippen LogP contribution in [-0.4, -0.2) is 51.0 Å². The van der Waals surface area contributed by atoms with Crippen LogP contribution >= 0.6 is 19.1 Å². The fraction of sp³-hybridized carbons (Fsp3) is 0.600. The van der Waals surface area contributed by atoms with Crippen LogP contribution < -0.4 is 20.7 Å². The summed E-state index contributed by atoms with van der Waals surface area (Å²) in [4.78, 5) is 24.9. The number of amides is 1. The highest BCUT2D eigenvalue weighted by atomic mass is 35.5. The zero-order chi connectivity index (χ0) is 34.5. The van der Waals surface area contributed by atoms with Crippen molar-refractivity contribution in [2.45, 2.75) is 116 Å². The number of allylic oxidation sites excluding steroid dienone is 2. The van der Waals surface area contributed by atoms with Crippen LogP contribution in [0.15, 0.2) is 49.1 Å². The number of carbonyl (C=O) groups excluding carboxylic acids is 1. The summed E-state index contributed by atoms with van der Waals surface area (Å²) in [7, 11) is -3.51. The van der Waals surface area contributed by atoms with Gasteiger partial charge in [0.25, 0.3) is 0 Å². The second kappa shape index (κ2) is 22.6. The van der Waals surface area contributed by atoms with E-state index in [0.29, 0.717) is 47.3 Å². The largest absolute Gasteiger partial charge is 0.431 e. The average Bonchev–Trinajstić information content (AvgIpc) is 3.49. The number of imidazole rings is 1. The quantitative estimate of drug-likeness (QED) is 0.0426. The van der Waals surface area contributed by atoms with E-state index >= 15 is 0 Å². The first-order valence-electron chi connectivity index (χ1n) is 17.5. The van der Waals surface area contributed by atoms with E-state index in [4.69, 9.17) is 26.6 Å². The van der Waals surface area contributed by atoms with Crippen molar-refractivity contribution in [1.82, 2.24) is 29.9 Å². The number of rotatable bonds is 26. The number of nitrogen functional groups attached to an aromatic ring is 1. The van der Waals surface area contributed by atoms with Crippen molar-refractivity contribution >= 4 is 42.0 Å². The van der Waals surface area contributed by atoms with Crippen LogP contribution in [-0.2, 0) is 20.6 Å². The minimum atomic E-state index is -3.51. The van der Waals surface area contributed by atoms with E-state index in [1.54, 1.807) is 30.6 Å². The van der Waals surface area contributed by atoms with E-state index in [1.165, 1.54) is 64.1 Å². The van der Waals surface area contributed by atoms with Gasteiger partial charge in [-0.3, -0.25) is 9.36 Å². The molecule has 2 heterocycles. The maximum Gasteiger partial charge on any atom is 0.341 e. The number of unbranched alkanes of at least 4 members (excludes halogenated alkanes) is 11. The maximum atomic E-state index is 13.8. The predicted molar refractivity (Wildman–Crippen MR) is 195 cm³/mol. The van der Waals surface area contributed by atoms with E-state index in [2.05, 4.69) is 44.4 Å². The number of nitrogens with two attached hydrogens (primary N) is 1. The number of halogens is 1. The molecular weight excluding hydrogens is 649 g/mol. The summed E-state index contributed by atoms with van der Waals surface area (Å²) < 4.78 is 27.5. The standard InChI is InChI=1S/C35H55ClN7O4P/c1-3-4-5-6-7-8-9-10-11-12-13-14-15-16-17-18-32(44)38-23-24-42-48(45,47-31-21-19-30(36)20-22-31)28-46-29(2)25-43-27-41-33-34(37)39-26-40-35(33)43/h10-11,19-22,26-27,29H,3-9,12-18,23-25,28H2,1-2H3,(H,38,44)(H,42,45)(H2,37,39,40)/b11-10-/t29-,48?/m1/s1. The van der Waals surface area contributed by atoms with Crippen LogP contribution in [0.25, 0.3) is 11.2 Å². The number of carbonyl (C=O) groups is 1. The highest BCUT2D eigenvalue weighted by Gasteiger charge is 2.26. The zero-order valence-electron chi connectivity index (χ0n) is 28.7. The third-order valence-corrected chi connectivity index (χ3v) is 9.90. The van der Waals surface area contributed by atoms with Crippen molar-refractivity contribution in [3.8, 4) is 5.75 Å². The molecule has 2 atom stereocenters. The number of nitrogens with zero attached hydrogens (tertiary/aromatic N) is 4. The molecule has 1 aromatic carbocycles. The minimum Gasteiger partial charge on any atom is -0.431 e. The van der Waals surface area contributed by atoms with E-state index < -0.39 is 7.52 Å². The van der Waals surface area contributed by atoms with E-state index in [-0.39, 0.29) is 24.9 Å². The van der Waals surface area contributed by atoms with Gasteiger partial charge in [-0.1, -0.05) is 82.0 Å². The van der Waals surface area contributed by atoms with Crippen molar-refractivity contribution in [2.24, 2.45) is 0 Å². The molecule has 4 N–H and O–H groups in total. The van der Waals surface area contributed by atoms with Gasteiger partial charge in [-0.05, 0) is 63.3 Å². The van der Waals surface area contributed by atoms with Gasteiger partial charge < -0.3 is 24.9 Å². The molecule has 13 heteroatoms. The maximum absolute atomic E-state index is 13.8. The van der Waals surface area contributed by atoms with Crippen LogP contribution in [0.3, 0.4) is 0 Å². The fourth-order valence-corrected chi connectivity index (χ4v) is 6.93. The molecule has 0 radical (unpaired) electrons. The molecule has 0 fully saturated rings. The lowest BCUT2D eigenvalue weighted by molar-refractivity contribution is -0.121. The highest BCUT2D eigenvalue weighted by molar-refractivity contribution is 7.57. The average molecular weight is 704 g/mol. The zero-order valence-corrected chi connectivity index (χ0v) is 30.4. The summed E-state index contributed by atoms with van der Waals surface area (Å²) in [6.07, 6.45) is 23.5. The first-order valence-corrected chi connectivity index (χ1v) is 19.7. The lowest BCUT2D eigenvalue weighted by Gasteiger charge is -2.23. The molecule has 1 amide bonds. The van der Waals surface area contributed by atoms with Gasteiger partial charge in [0.2, 0.25) is 5.91 Å². The lowest BCUT2D eigenvalue weighted by Crippen LogP contribution is -2.32. The minimum absolute atomic E-state index is 0.00948. The molecule has 0 aliphatic carbocycles. The lowest BCUT2D eigenvalue weighted by atomic mass is 10.1. The van der Waals surface area contributed by atoms with Gasteiger partial charge in [-0.15, -0.1) is 0 Å². The molecule has 0 saturated carbocycles. The first kappa shape index (κ1) is 39.5. The molecule has 0 spiro atoms. The number of hydrogen-bond donors (Lipinski definition) is 3. The Kier molecular flexibility index (Phi) is 18.6. The molecule has 1 unspecified atom stereocenters. The molecule has 0 bridgehead atoms. The van der Waals surface area contributed by atoms with Crippen LogP contribution in [0.4, 0.5) is 5.82 Å². The number of nitrogens with one attached hydrogen (secondary N) is 2. The normalized spacial score (nSPS) is 13.6. The molecular formula is C35H55ClN7O4P. The summed E-state index contributed by atoms with van der Waals surface area (Å²) in [5.74, 6) is 0.689. The SMILES string of the molecule is CCCCCCCC/C=C\CCCCCCCC(=O)NCCNP(=O)(CO[C@H](C)Cn1cnc2c(N)ncnc21)Oc1ccc(Cl)cc1. The molecule has 0 aliphatic rings. The van der Waals surface area contributed by atoms with E-state index in [9.17, 15) is 9.36 Å². The van der Waals surface area contributed by atoms with Crippen molar-refractivity contribution in [1.29, 1.82) is 0 Å². The Bertz CT molecular complexity index is 1420. The summed E-state index contributed by atoms with van der Waals surface area (Å²) in [5.41, 5.74) is 7.00. The highest BCUT2D eigenvalue weighted by Crippen LogP contribution is 2.43. The molecule has 3 rings (SSSR count). The van der Waals surface area contributed by atoms with Gasteiger partial charge in [-0.25, -0.2) is 20.0 Å². The Hall–Kier alpha value is -2.98. The third-order valence-electron chi connectivity index (χ3n) is 7.94. The first-order chi connectivity index (χ1) is 23.3. The third kappa shape index (κ3) is 15.5. The van der Waals surface area contributed by atoms with Crippen LogP contribution in [0.1, 0.15) is 104 Å². The van der Waals surface area contributed by atoms with Crippen LogP contribution in [0, 0.1) is 0 Å². The topological polar surface area (TPSA) is 146 Å². The van der Waals surface area contributed by atoms with Crippen molar-refractivity contribution in [3.05, 3.63) is 54.1 Å². The number of benzene rings is 1. The van der Waals surface area contributed by atoms with Gasteiger partial charge in [0.05, 0.1) is 19.0 Å². The van der Waals surface area contributed by atoms with Gasteiger partial charge in [0.15, 0.2) is 11.5 Å². The van der Waals surface area contributed by atoms with Crippen molar-refractivity contribution in [3.63, 3.8) is 0 Å². The summed E-state index contributed by atoms with van der Waals surface area (Å²) >= 11 is 6.01. The van der Waals surface area contributed by atoms with Gasteiger partial charge in [0.1, 0.15) is 23.9 Å². The number of ether oxygens (including phenoxy) is 1. The number of anilines is 1.